The van der Waals surface area contributed by atoms with E-state index in [1.165, 1.54) is 24.3 Å². The van der Waals surface area contributed by atoms with Gasteiger partial charge in [-0.1, -0.05) is 6.07 Å². The van der Waals surface area contributed by atoms with Gasteiger partial charge in [0.2, 0.25) is 0 Å². The summed E-state index contributed by atoms with van der Waals surface area (Å²) in [5.41, 5.74) is 0.424. The van der Waals surface area contributed by atoms with E-state index in [0.717, 1.165) is 12.5 Å². The van der Waals surface area contributed by atoms with Crippen LogP contribution in [0.4, 0.5) is 4.39 Å². The quantitative estimate of drug-likeness (QED) is 0.185. The number of guanidine groups is 1. The summed E-state index contributed by atoms with van der Waals surface area (Å²) in [6.45, 7) is 4.80. The molecule has 0 saturated heterocycles. The van der Waals surface area contributed by atoms with Gasteiger partial charge in [-0.25, -0.2) is 4.39 Å². The number of hydrogen-bond donors (Lipinski definition) is 3. The standard InChI is InChI=1S/C22H29FN4O3.HI/c1-3-24-22(27(2)14-15-30-20-10-8-18(23)9-11-20)26-13-5-12-25-21(29)17-6-4-7-19(28)16-17;/h4,6-11,16,28H,3,5,12-15H2,1-2H3,(H,24,26)(H,25,29);1H. The van der Waals surface area contributed by atoms with E-state index in [4.69, 9.17) is 4.74 Å². The third-order valence-corrected chi connectivity index (χ3v) is 4.20. The van der Waals surface area contributed by atoms with Crippen LogP contribution >= 0.6 is 24.0 Å². The van der Waals surface area contributed by atoms with Crippen molar-refractivity contribution >= 4 is 35.8 Å². The van der Waals surface area contributed by atoms with Crippen LogP contribution in [0.5, 0.6) is 11.5 Å². The number of phenolic OH excluding ortho intramolecular Hbond substituents is 1. The number of aromatic hydroxyl groups is 1. The fraction of sp³-hybridized carbons (Fsp3) is 0.364. The summed E-state index contributed by atoms with van der Waals surface area (Å²) in [6, 6.07) is 12.2. The Balaban J connectivity index is 0.00000480. The number of benzene rings is 2. The van der Waals surface area contributed by atoms with E-state index in [9.17, 15) is 14.3 Å². The molecule has 0 aliphatic heterocycles. The van der Waals surface area contributed by atoms with Gasteiger partial charge in [-0.2, -0.15) is 0 Å². The van der Waals surface area contributed by atoms with Crippen molar-refractivity contribution in [2.75, 3.05) is 39.8 Å². The van der Waals surface area contributed by atoms with Crippen LogP contribution in [-0.4, -0.2) is 61.7 Å². The Bertz CT molecular complexity index is 834. The Hall–Kier alpha value is -2.56. The van der Waals surface area contributed by atoms with Crippen LogP contribution in [0.3, 0.4) is 0 Å². The van der Waals surface area contributed by atoms with Crippen molar-refractivity contribution in [1.29, 1.82) is 0 Å². The van der Waals surface area contributed by atoms with Crippen LogP contribution in [0.1, 0.15) is 23.7 Å². The monoisotopic (exact) mass is 544 g/mol. The van der Waals surface area contributed by atoms with Gasteiger partial charge in [0, 0.05) is 32.2 Å². The molecule has 7 nitrogen and oxygen atoms in total. The van der Waals surface area contributed by atoms with Crippen LogP contribution in [0.15, 0.2) is 53.5 Å². The summed E-state index contributed by atoms with van der Waals surface area (Å²) in [7, 11) is 1.92. The average Bonchev–Trinajstić information content (AvgIpc) is 2.74. The van der Waals surface area contributed by atoms with Crippen molar-refractivity contribution in [3.05, 3.63) is 59.9 Å². The molecule has 2 rings (SSSR count). The molecule has 0 unspecified atom stereocenters. The zero-order valence-electron chi connectivity index (χ0n) is 17.8. The van der Waals surface area contributed by atoms with Gasteiger partial charge in [-0.15, -0.1) is 24.0 Å². The number of likely N-dealkylation sites (N-methyl/N-ethyl adjacent to an activating group) is 1. The van der Waals surface area contributed by atoms with Crippen molar-refractivity contribution in [2.45, 2.75) is 13.3 Å². The van der Waals surface area contributed by atoms with E-state index in [1.54, 1.807) is 24.3 Å². The predicted octanol–water partition coefficient (Wildman–Crippen LogP) is 3.25. The fourth-order valence-corrected chi connectivity index (χ4v) is 2.62. The lowest BCUT2D eigenvalue weighted by atomic mass is 10.2. The number of halogens is 2. The largest absolute Gasteiger partial charge is 0.508 e. The normalized spacial score (nSPS) is 10.7. The smallest absolute Gasteiger partial charge is 0.251 e. The van der Waals surface area contributed by atoms with Crippen molar-refractivity contribution in [3.63, 3.8) is 0 Å². The number of rotatable bonds is 10. The maximum atomic E-state index is 12.9. The van der Waals surface area contributed by atoms with E-state index in [-0.39, 0.29) is 41.5 Å². The minimum atomic E-state index is -0.292. The van der Waals surface area contributed by atoms with Crippen LogP contribution in [0, 0.1) is 5.82 Å². The third kappa shape index (κ3) is 9.86. The van der Waals surface area contributed by atoms with Gasteiger partial charge in [0.25, 0.3) is 5.91 Å². The van der Waals surface area contributed by atoms with Crippen molar-refractivity contribution < 1.29 is 19.0 Å². The van der Waals surface area contributed by atoms with Gasteiger partial charge in [0.1, 0.15) is 23.9 Å². The van der Waals surface area contributed by atoms with E-state index in [0.29, 0.717) is 44.0 Å². The van der Waals surface area contributed by atoms with E-state index in [1.807, 2.05) is 18.9 Å². The number of phenols is 1. The number of aliphatic imine (C=N–C) groups is 1. The summed E-state index contributed by atoms with van der Waals surface area (Å²) in [4.78, 5) is 18.6. The highest BCUT2D eigenvalue weighted by Gasteiger charge is 2.07. The summed E-state index contributed by atoms with van der Waals surface area (Å²) in [6.07, 6.45) is 0.680. The first-order valence-corrected chi connectivity index (χ1v) is 9.94. The zero-order chi connectivity index (χ0) is 21.8. The number of nitrogens with zero attached hydrogens (tertiary/aromatic N) is 2. The first kappa shape index (κ1) is 26.5. The molecule has 31 heavy (non-hydrogen) atoms. The van der Waals surface area contributed by atoms with Gasteiger partial charge in [-0.3, -0.25) is 9.79 Å². The Morgan fingerprint density at radius 2 is 1.94 bits per heavy atom. The van der Waals surface area contributed by atoms with Crippen LogP contribution < -0.4 is 15.4 Å². The lowest BCUT2D eigenvalue weighted by molar-refractivity contribution is 0.0953. The van der Waals surface area contributed by atoms with Gasteiger partial charge in [0.15, 0.2) is 5.96 Å². The van der Waals surface area contributed by atoms with Gasteiger partial charge in [-0.05, 0) is 55.8 Å². The minimum Gasteiger partial charge on any atom is -0.508 e. The molecule has 9 heteroatoms. The number of carbonyl (C=O) groups is 1. The van der Waals surface area contributed by atoms with E-state index >= 15 is 0 Å². The molecule has 0 saturated carbocycles. The Morgan fingerprint density at radius 3 is 2.61 bits per heavy atom. The molecule has 0 spiro atoms. The lowest BCUT2D eigenvalue weighted by Gasteiger charge is -2.22. The molecule has 0 fully saturated rings. The highest BCUT2D eigenvalue weighted by atomic mass is 127. The maximum absolute atomic E-state index is 12.9. The summed E-state index contributed by atoms with van der Waals surface area (Å²) in [5, 5.41) is 15.5. The highest BCUT2D eigenvalue weighted by molar-refractivity contribution is 14.0. The summed E-state index contributed by atoms with van der Waals surface area (Å²) < 4.78 is 18.5. The molecule has 0 radical (unpaired) electrons. The van der Waals surface area contributed by atoms with Crippen LogP contribution in [-0.2, 0) is 0 Å². The molecule has 0 heterocycles. The predicted molar refractivity (Wildman–Crippen MR) is 131 cm³/mol. The van der Waals surface area contributed by atoms with E-state index < -0.39 is 0 Å². The second kappa shape index (κ2) is 14.4. The highest BCUT2D eigenvalue weighted by Crippen LogP contribution is 2.11. The minimum absolute atomic E-state index is 0. The summed E-state index contributed by atoms with van der Waals surface area (Å²) >= 11 is 0. The number of hydrogen-bond acceptors (Lipinski definition) is 4. The number of carbonyl (C=O) groups excluding carboxylic acids is 1. The number of ether oxygens (including phenoxy) is 1. The fourth-order valence-electron chi connectivity index (χ4n) is 2.62. The van der Waals surface area contributed by atoms with Gasteiger partial charge >= 0.3 is 0 Å². The molecule has 0 aliphatic rings. The molecule has 0 bridgehead atoms. The molecule has 0 aliphatic carbocycles. The molecule has 2 aromatic rings. The average molecular weight is 544 g/mol. The first-order valence-electron chi connectivity index (χ1n) is 9.94. The second-order valence-electron chi connectivity index (χ2n) is 6.62. The molecular formula is C22H30FIN4O3. The topological polar surface area (TPSA) is 86.2 Å². The molecule has 1 amide bonds. The van der Waals surface area contributed by atoms with Crippen molar-refractivity contribution in [1.82, 2.24) is 15.5 Å². The van der Waals surface area contributed by atoms with Gasteiger partial charge in [0.05, 0.1) is 6.54 Å². The van der Waals surface area contributed by atoms with E-state index in [2.05, 4.69) is 15.6 Å². The molecule has 0 atom stereocenters. The Labute approximate surface area is 199 Å². The number of nitrogens with one attached hydrogen (secondary N) is 2. The lowest BCUT2D eigenvalue weighted by Crippen LogP contribution is -2.41. The Kier molecular flexibility index (Phi) is 12.3. The number of amides is 1. The Morgan fingerprint density at radius 1 is 1.19 bits per heavy atom. The third-order valence-electron chi connectivity index (χ3n) is 4.20. The molecule has 3 N–H and O–H groups in total. The first-order chi connectivity index (χ1) is 14.5. The van der Waals surface area contributed by atoms with Crippen molar-refractivity contribution in [2.24, 2.45) is 4.99 Å². The van der Waals surface area contributed by atoms with Crippen molar-refractivity contribution in [3.8, 4) is 11.5 Å². The molecular weight excluding hydrogens is 514 g/mol. The van der Waals surface area contributed by atoms with Crippen LogP contribution in [0.2, 0.25) is 0 Å². The molecule has 2 aromatic carbocycles. The maximum Gasteiger partial charge on any atom is 0.251 e. The molecule has 0 aromatic heterocycles. The van der Waals surface area contributed by atoms with Crippen LogP contribution in [0.25, 0.3) is 0 Å². The molecule has 170 valence electrons. The SMILES string of the molecule is CCNC(=NCCCNC(=O)c1cccc(O)c1)N(C)CCOc1ccc(F)cc1.I. The summed E-state index contributed by atoms with van der Waals surface area (Å²) in [5.74, 6) is 0.915. The zero-order valence-corrected chi connectivity index (χ0v) is 20.1. The van der Waals surface area contributed by atoms with Gasteiger partial charge < -0.3 is 25.4 Å². The second-order valence-corrected chi connectivity index (χ2v) is 6.62.